The van der Waals surface area contributed by atoms with Gasteiger partial charge in [0, 0.05) is 25.4 Å². The third kappa shape index (κ3) is 3.16. The van der Waals surface area contributed by atoms with E-state index in [1.165, 1.54) is 4.90 Å². The van der Waals surface area contributed by atoms with Crippen LogP contribution >= 0.6 is 0 Å². The zero-order chi connectivity index (χ0) is 9.84. The first kappa shape index (κ1) is 13.8. The fourth-order valence-corrected chi connectivity index (χ4v) is 1.72. The molecule has 1 saturated heterocycles. The Kier molecular flexibility index (Phi) is 6.18. The number of carbonyl (C=O) groups excluding carboxylic acids is 2. The van der Waals surface area contributed by atoms with Gasteiger partial charge in [0.1, 0.15) is 0 Å². The number of rotatable bonds is 3. The predicted molar refractivity (Wildman–Crippen MR) is 49.9 cm³/mol. The molecule has 1 aliphatic rings. The van der Waals surface area contributed by atoms with Crippen LogP contribution < -0.4 is 0 Å². The summed E-state index contributed by atoms with van der Waals surface area (Å²) in [6.07, 6.45) is 4.70. The van der Waals surface area contributed by atoms with E-state index in [2.05, 4.69) is 0 Å². The van der Waals surface area contributed by atoms with Gasteiger partial charge >= 0.3 is 0 Å². The van der Waals surface area contributed by atoms with Crippen molar-refractivity contribution in [2.24, 2.45) is 5.92 Å². The number of ketones is 1. The second-order valence-electron chi connectivity index (χ2n) is 3.85. The van der Waals surface area contributed by atoms with Gasteiger partial charge < -0.3 is 9.69 Å². The molecule has 1 heterocycles. The van der Waals surface area contributed by atoms with Crippen LogP contribution in [0.1, 0.15) is 33.1 Å². The van der Waals surface area contributed by atoms with Crippen molar-refractivity contribution in [2.45, 2.75) is 39.2 Å². The van der Waals surface area contributed by atoms with Crippen molar-refractivity contribution < 1.29 is 29.1 Å². The third-order valence-corrected chi connectivity index (χ3v) is 2.52. The van der Waals surface area contributed by atoms with Crippen molar-refractivity contribution in [1.29, 1.82) is 0 Å². The average Bonchev–Trinajstić information content (AvgIpc) is 2.16. The van der Waals surface area contributed by atoms with Gasteiger partial charge in [-0.3, -0.25) is 4.79 Å². The van der Waals surface area contributed by atoms with E-state index in [0.29, 0.717) is 6.54 Å². The molecule has 83 valence electrons. The van der Waals surface area contributed by atoms with E-state index in [1.807, 2.05) is 20.3 Å². The molecule has 14 heavy (non-hydrogen) atoms. The largest absolute Gasteiger partial charge is 0.520 e. The Morgan fingerprint density at radius 3 is 2.57 bits per heavy atom. The van der Waals surface area contributed by atoms with Gasteiger partial charge in [0.25, 0.3) is 0 Å². The molecule has 1 aliphatic heterocycles. The van der Waals surface area contributed by atoms with Crippen LogP contribution in [0, 0.1) is 5.92 Å². The fraction of sp³-hybridized carbons (Fsp3) is 0.800. The molecule has 1 unspecified atom stereocenters. The number of hydrogen-bond acceptors (Lipinski definition) is 2. The van der Waals surface area contributed by atoms with Crippen LogP contribution in [-0.4, -0.2) is 29.7 Å². The normalized spacial score (nSPS) is 21.6. The fourth-order valence-electron chi connectivity index (χ4n) is 1.72. The summed E-state index contributed by atoms with van der Waals surface area (Å²) in [5, 5.41) is 0. The topological polar surface area (TPSA) is 37.4 Å². The third-order valence-electron chi connectivity index (χ3n) is 2.52. The van der Waals surface area contributed by atoms with Crippen LogP contribution in [0.4, 0.5) is 0 Å². The van der Waals surface area contributed by atoms with Crippen LogP contribution in [0.15, 0.2) is 0 Å². The summed E-state index contributed by atoms with van der Waals surface area (Å²) < 4.78 is 0. The molecule has 0 aliphatic carbocycles. The molecule has 1 atom stereocenters. The van der Waals surface area contributed by atoms with Crippen LogP contribution in [-0.2, 0) is 29.1 Å². The molecule has 1 fully saturated rings. The molecule has 0 aromatic carbocycles. The quantitative estimate of drug-likeness (QED) is 0.576. The van der Waals surface area contributed by atoms with Gasteiger partial charge in [-0.25, -0.2) is 0 Å². The maximum Gasteiger partial charge on any atom is 0.155 e. The second-order valence-corrected chi connectivity index (χ2v) is 3.85. The Labute approximate surface area is 98.0 Å². The van der Waals surface area contributed by atoms with E-state index in [0.717, 1.165) is 19.3 Å². The molecule has 1 radical (unpaired) electrons. The molecular weight excluding hydrogens is 269 g/mol. The van der Waals surface area contributed by atoms with Gasteiger partial charge in [-0.2, -0.15) is 6.41 Å². The molecule has 0 saturated carbocycles. The summed E-state index contributed by atoms with van der Waals surface area (Å²) >= 11 is 0. The van der Waals surface area contributed by atoms with E-state index in [1.54, 1.807) is 0 Å². The first-order valence-electron chi connectivity index (χ1n) is 4.85. The van der Waals surface area contributed by atoms with Gasteiger partial charge in [0.2, 0.25) is 0 Å². The molecule has 1 amide bonds. The van der Waals surface area contributed by atoms with Crippen molar-refractivity contribution in [3.05, 3.63) is 0 Å². The molecular formula is C10H16NO2Rh-. The minimum Gasteiger partial charge on any atom is -0.520 e. The number of piperidine rings is 1. The van der Waals surface area contributed by atoms with Gasteiger partial charge in [0.15, 0.2) is 5.78 Å². The second kappa shape index (κ2) is 6.29. The van der Waals surface area contributed by atoms with E-state index < -0.39 is 0 Å². The van der Waals surface area contributed by atoms with Gasteiger partial charge in [-0.1, -0.05) is 13.8 Å². The zero-order valence-electron chi connectivity index (χ0n) is 8.58. The Bertz CT molecular complexity index is 206. The van der Waals surface area contributed by atoms with E-state index in [4.69, 9.17) is 0 Å². The van der Waals surface area contributed by atoms with E-state index >= 15 is 0 Å². The summed E-state index contributed by atoms with van der Waals surface area (Å²) in [6, 6.07) is -0.203. The van der Waals surface area contributed by atoms with Crippen molar-refractivity contribution in [1.82, 2.24) is 4.90 Å². The zero-order valence-corrected chi connectivity index (χ0v) is 10.2. The molecule has 0 spiro atoms. The number of nitrogens with zero attached hydrogens (tertiary/aromatic N) is 1. The minimum absolute atomic E-state index is 0. The first-order valence-corrected chi connectivity index (χ1v) is 4.85. The number of Topliss-reactive ketones (excluding diaryl/α,β-unsaturated/α-hetero) is 1. The van der Waals surface area contributed by atoms with Crippen LogP contribution in [0.25, 0.3) is 0 Å². The van der Waals surface area contributed by atoms with Crippen molar-refractivity contribution in [2.75, 3.05) is 6.54 Å². The Morgan fingerprint density at radius 1 is 1.43 bits per heavy atom. The standard InChI is InChI=1S/C10H16NO2.Rh/c1-8(2)10(13)9-5-3-4-6-11(9)7-12;/h8-9H,3-6H2,1-2H3;/q-1;. The molecule has 3 nitrogen and oxygen atoms in total. The molecule has 0 bridgehead atoms. The van der Waals surface area contributed by atoms with Crippen LogP contribution in [0.3, 0.4) is 0 Å². The van der Waals surface area contributed by atoms with E-state index in [-0.39, 0.29) is 37.2 Å². The molecule has 1 rings (SSSR count). The van der Waals surface area contributed by atoms with Crippen molar-refractivity contribution in [3.8, 4) is 0 Å². The Morgan fingerprint density at radius 2 is 2.07 bits per heavy atom. The molecule has 0 aromatic heterocycles. The van der Waals surface area contributed by atoms with Crippen LogP contribution in [0.5, 0.6) is 0 Å². The smallest absolute Gasteiger partial charge is 0.155 e. The minimum atomic E-state index is -0.203. The monoisotopic (exact) mass is 285 g/mol. The summed E-state index contributed by atoms with van der Waals surface area (Å²) in [6.45, 7) is 4.44. The molecule has 0 N–H and O–H groups in total. The predicted octanol–water partition coefficient (Wildman–Crippen LogP) is 1.13. The summed E-state index contributed by atoms with van der Waals surface area (Å²) in [7, 11) is 0. The summed E-state index contributed by atoms with van der Waals surface area (Å²) in [4.78, 5) is 23.7. The maximum absolute atomic E-state index is 11.6. The number of hydrogen-bond donors (Lipinski definition) is 0. The molecule has 4 heteroatoms. The van der Waals surface area contributed by atoms with Crippen molar-refractivity contribution in [3.63, 3.8) is 0 Å². The van der Waals surface area contributed by atoms with Crippen LogP contribution in [0.2, 0.25) is 0 Å². The number of carbonyl (C=O) groups is 1. The van der Waals surface area contributed by atoms with Gasteiger partial charge in [-0.05, 0) is 25.8 Å². The maximum atomic E-state index is 11.6. The summed E-state index contributed by atoms with van der Waals surface area (Å²) in [5.74, 6) is 0.182. The van der Waals surface area contributed by atoms with E-state index in [9.17, 15) is 9.59 Å². The number of likely N-dealkylation sites (tertiary alicyclic amines) is 1. The Hall–Kier alpha value is -0.237. The first-order chi connectivity index (χ1) is 6.16. The van der Waals surface area contributed by atoms with Crippen molar-refractivity contribution >= 4 is 12.2 Å². The molecule has 0 aromatic rings. The summed E-state index contributed by atoms with van der Waals surface area (Å²) in [5.41, 5.74) is 0. The van der Waals surface area contributed by atoms with Gasteiger partial charge in [0.05, 0.1) is 6.04 Å². The Balaban J connectivity index is 0.00000169. The average molecular weight is 285 g/mol. The van der Waals surface area contributed by atoms with Gasteiger partial charge in [-0.15, -0.1) is 0 Å². The number of amides is 1. The SMILES string of the molecule is CC(C)C(=O)C1CCCCN1[C-]=O.[Rh].